The topological polar surface area (TPSA) is 93.0 Å². The van der Waals surface area contributed by atoms with Crippen LogP contribution in [0.2, 0.25) is 0 Å². The maximum absolute atomic E-state index is 12.8. The molecular weight excluding hydrogens is 416 g/mol. The number of carbonyl (C=O) groups is 1. The van der Waals surface area contributed by atoms with Gasteiger partial charge in [-0.15, -0.1) is 0 Å². The van der Waals surface area contributed by atoms with Crippen LogP contribution in [-0.4, -0.2) is 54.3 Å². The second kappa shape index (κ2) is 8.41. The Kier molecular flexibility index (Phi) is 5.83. The normalized spacial score (nSPS) is 16.2. The van der Waals surface area contributed by atoms with Gasteiger partial charge in [-0.3, -0.25) is 4.79 Å². The van der Waals surface area contributed by atoms with Gasteiger partial charge in [-0.05, 0) is 36.8 Å². The number of nitrogens with one attached hydrogen (secondary N) is 1. The van der Waals surface area contributed by atoms with Crippen LogP contribution in [0, 0.1) is 5.41 Å². The van der Waals surface area contributed by atoms with E-state index in [1.54, 1.807) is 59.4 Å². The van der Waals surface area contributed by atoms with E-state index in [9.17, 15) is 13.2 Å². The number of ether oxygens (including phenoxy) is 1. The molecule has 1 aliphatic heterocycles. The Morgan fingerprint density at radius 2 is 1.94 bits per heavy atom. The van der Waals surface area contributed by atoms with E-state index in [2.05, 4.69) is 10.3 Å². The van der Waals surface area contributed by atoms with Crippen molar-refractivity contribution in [2.24, 2.45) is 5.41 Å². The number of hydrogen-bond donors (Lipinski definition) is 1. The van der Waals surface area contributed by atoms with Crippen molar-refractivity contribution in [1.29, 1.82) is 0 Å². The number of pyridine rings is 1. The van der Waals surface area contributed by atoms with E-state index in [0.29, 0.717) is 38.4 Å². The van der Waals surface area contributed by atoms with E-state index < -0.39 is 10.0 Å². The standard InChI is InChI=1S/C22H26N4O4S/c1-3-30-16-22(2)14-26(15-22)31(28,29)19-7-4-17(5-8-19)12-24-21(27)18-6-9-20-23-10-11-25(20)13-18/h4-11,13H,3,12,14-16H2,1-2H3,(H,24,27). The first-order chi connectivity index (χ1) is 14.8. The molecule has 4 rings (SSSR count). The molecule has 0 bridgehead atoms. The first kappa shape index (κ1) is 21.5. The van der Waals surface area contributed by atoms with Crippen LogP contribution < -0.4 is 5.32 Å². The summed E-state index contributed by atoms with van der Waals surface area (Å²) < 4.78 is 34.4. The molecule has 1 saturated heterocycles. The minimum atomic E-state index is -3.52. The number of rotatable bonds is 8. The summed E-state index contributed by atoms with van der Waals surface area (Å²) in [5, 5.41) is 2.86. The van der Waals surface area contributed by atoms with Gasteiger partial charge in [0.2, 0.25) is 10.0 Å². The molecular formula is C22H26N4O4S. The molecule has 3 heterocycles. The van der Waals surface area contributed by atoms with Gasteiger partial charge in [-0.1, -0.05) is 19.1 Å². The van der Waals surface area contributed by atoms with Gasteiger partial charge >= 0.3 is 0 Å². The summed E-state index contributed by atoms with van der Waals surface area (Å²) in [4.78, 5) is 16.8. The average Bonchev–Trinajstić information content (AvgIpc) is 3.22. The number of nitrogens with zero attached hydrogens (tertiary/aromatic N) is 3. The second-order valence-electron chi connectivity index (χ2n) is 8.16. The van der Waals surface area contributed by atoms with E-state index in [4.69, 9.17) is 4.74 Å². The number of sulfonamides is 1. The molecule has 3 aromatic rings. The fraction of sp³-hybridized carbons (Fsp3) is 0.364. The van der Waals surface area contributed by atoms with Gasteiger partial charge < -0.3 is 14.5 Å². The molecule has 2 aromatic heterocycles. The van der Waals surface area contributed by atoms with Crippen LogP contribution in [0.3, 0.4) is 0 Å². The molecule has 1 aromatic carbocycles. The molecule has 164 valence electrons. The van der Waals surface area contributed by atoms with Gasteiger partial charge in [-0.25, -0.2) is 13.4 Å². The Balaban J connectivity index is 1.35. The summed E-state index contributed by atoms with van der Waals surface area (Å²) >= 11 is 0. The minimum absolute atomic E-state index is 0.132. The van der Waals surface area contributed by atoms with Crippen LogP contribution in [0.4, 0.5) is 0 Å². The molecule has 0 atom stereocenters. The van der Waals surface area contributed by atoms with E-state index in [-0.39, 0.29) is 16.2 Å². The number of carbonyl (C=O) groups excluding carboxylic acids is 1. The molecule has 0 radical (unpaired) electrons. The molecule has 1 N–H and O–H groups in total. The summed E-state index contributed by atoms with van der Waals surface area (Å²) in [6.45, 7) is 6.35. The quantitative estimate of drug-likeness (QED) is 0.578. The zero-order chi connectivity index (χ0) is 22.1. The van der Waals surface area contributed by atoms with Crippen molar-refractivity contribution in [2.75, 3.05) is 26.3 Å². The van der Waals surface area contributed by atoms with Gasteiger partial charge in [0.15, 0.2) is 0 Å². The monoisotopic (exact) mass is 442 g/mol. The molecule has 31 heavy (non-hydrogen) atoms. The lowest BCUT2D eigenvalue weighted by molar-refractivity contribution is -0.0120. The highest BCUT2D eigenvalue weighted by Crippen LogP contribution is 2.34. The van der Waals surface area contributed by atoms with Gasteiger partial charge in [0.25, 0.3) is 5.91 Å². The zero-order valence-corrected chi connectivity index (χ0v) is 18.4. The minimum Gasteiger partial charge on any atom is -0.381 e. The van der Waals surface area contributed by atoms with E-state index in [0.717, 1.165) is 11.2 Å². The van der Waals surface area contributed by atoms with Gasteiger partial charge in [-0.2, -0.15) is 4.31 Å². The third kappa shape index (κ3) is 4.48. The molecule has 0 aliphatic carbocycles. The lowest BCUT2D eigenvalue weighted by atomic mass is 9.85. The lowest BCUT2D eigenvalue weighted by Crippen LogP contribution is -2.58. The van der Waals surface area contributed by atoms with Crippen molar-refractivity contribution in [2.45, 2.75) is 25.3 Å². The van der Waals surface area contributed by atoms with Gasteiger partial charge in [0, 0.05) is 50.2 Å². The maximum atomic E-state index is 12.8. The van der Waals surface area contributed by atoms with Crippen LogP contribution in [0.15, 0.2) is 59.9 Å². The number of benzene rings is 1. The summed E-state index contributed by atoms with van der Waals surface area (Å²) in [6.07, 6.45) is 5.18. The molecule has 9 heteroatoms. The Bertz CT molecular complexity index is 1180. The fourth-order valence-corrected chi connectivity index (χ4v) is 5.42. The molecule has 1 fully saturated rings. The zero-order valence-electron chi connectivity index (χ0n) is 17.6. The molecule has 0 spiro atoms. The summed E-state index contributed by atoms with van der Waals surface area (Å²) in [6, 6.07) is 10.1. The second-order valence-corrected chi connectivity index (χ2v) is 10.1. The molecule has 0 saturated carbocycles. The highest BCUT2D eigenvalue weighted by molar-refractivity contribution is 7.89. The van der Waals surface area contributed by atoms with Crippen molar-refractivity contribution in [3.05, 3.63) is 66.1 Å². The molecule has 0 unspecified atom stereocenters. The Labute approximate surface area is 181 Å². The maximum Gasteiger partial charge on any atom is 0.253 e. The number of amides is 1. The largest absolute Gasteiger partial charge is 0.381 e. The highest BCUT2D eigenvalue weighted by Gasteiger charge is 2.45. The SMILES string of the molecule is CCOCC1(C)CN(S(=O)(=O)c2ccc(CNC(=O)c3ccc4nccn4c3)cc2)C1. The molecule has 1 amide bonds. The number of fused-ring (bicyclic) bond motifs is 1. The predicted molar refractivity (Wildman–Crippen MR) is 116 cm³/mol. The predicted octanol–water partition coefficient (Wildman–Crippen LogP) is 2.31. The van der Waals surface area contributed by atoms with Gasteiger partial charge in [0.05, 0.1) is 17.1 Å². The third-order valence-corrected chi connectivity index (χ3v) is 7.24. The summed E-state index contributed by atoms with van der Waals surface area (Å²) in [5.74, 6) is -0.207. The number of aromatic nitrogens is 2. The van der Waals surface area contributed by atoms with Crippen LogP contribution in [-0.2, 0) is 21.3 Å². The first-order valence-electron chi connectivity index (χ1n) is 10.2. The Morgan fingerprint density at radius 1 is 1.19 bits per heavy atom. The molecule has 8 nitrogen and oxygen atoms in total. The fourth-order valence-electron chi connectivity index (χ4n) is 3.68. The Morgan fingerprint density at radius 3 is 2.65 bits per heavy atom. The van der Waals surface area contributed by atoms with E-state index >= 15 is 0 Å². The summed E-state index contributed by atoms with van der Waals surface area (Å²) in [5.41, 5.74) is 1.99. The average molecular weight is 443 g/mol. The van der Waals surface area contributed by atoms with Crippen LogP contribution >= 0.6 is 0 Å². The molecule has 1 aliphatic rings. The third-order valence-electron chi connectivity index (χ3n) is 5.44. The highest BCUT2D eigenvalue weighted by atomic mass is 32.2. The first-order valence-corrected chi connectivity index (χ1v) is 11.6. The number of hydrogen-bond acceptors (Lipinski definition) is 5. The van der Waals surface area contributed by atoms with Crippen LogP contribution in [0.25, 0.3) is 5.65 Å². The van der Waals surface area contributed by atoms with E-state index in [1.165, 1.54) is 4.31 Å². The van der Waals surface area contributed by atoms with Crippen LogP contribution in [0.1, 0.15) is 29.8 Å². The lowest BCUT2D eigenvalue weighted by Gasteiger charge is -2.46. The number of imidazole rings is 1. The van der Waals surface area contributed by atoms with Crippen molar-refractivity contribution >= 4 is 21.6 Å². The van der Waals surface area contributed by atoms with Crippen molar-refractivity contribution in [1.82, 2.24) is 19.0 Å². The smallest absolute Gasteiger partial charge is 0.253 e. The van der Waals surface area contributed by atoms with Gasteiger partial charge in [0.1, 0.15) is 5.65 Å². The van der Waals surface area contributed by atoms with Crippen molar-refractivity contribution in [3.63, 3.8) is 0 Å². The van der Waals surface area contributed by atoms with Crippen LogP contribution in [0.5, 0.6) is 0 Å². The van der Waals surface area contributed by atoms with Crippen molar-refractivity contribution in [3.8, 4) is 0 Å². The van der Waals surface area contributed by atoms with Crippen molar-refractivity contribution < 1.29 is 17.9 Å². The summed E-state index contributed by atoms with van der Waals surface area (Å²) in [7, 11) is -3.52. The van der Waals surface area contributed by atoms with E-state index in [1.807, 2.05) is 13.8 Å². The Hall–Kier alpha value is -2.75.